The molecule has 0 unspecified atom stereocenters. The van der Waals surface area contributed by atoms with E-state index in [9.17, 15) is 20.2 Å². The quantitative estimate of drug-likeness (QED) is 0.358. The van der Waals surface area contributed by atoms with Crippen LogP contribution < -0.4 is 5.43 Å². The van der Waals surface area contributed by atoms with Crippen molar-refractivity contribution in [3.63, 3.8) is 0 Å². The molecular weight excluding hydrogens is 244 g/mol. The zero-order chi connectivity index (χ0) is 13.5. The number of ether oxygens (including phenoxy) is 1. The van der Waals surface area contributed by atoms with E-state index in [0.717, 1.165) is 18.5 Å². The standard InChI is InChI=1S/C9H10N4O5/c1-2-18-6-10-11-8-4-3-7(12(14)15)5-9(8)13(16)17/h3-6,11H,2H2,1H3. The van der Waals surface area contributed by atoms with Gasteiger partial charge in [0.15, 0.2) is 6.40 Å². The number of nitro groups is 2. The Bertz CT molecular complexity index is 488. The number of nitrogens with one attached hydrogen (secondary N) is 1. The van der Waals surface area contributed by atoms with Crippen molar-refractivity contribution < 1.29 is 14.6 Å². The third-order valence-electron chi connectivity index (χ3n) is 1.87. The van der Waals surface area contributed by atoms with Crippen LogP contribution in [0.4, 0.5) is 17.1 Å². The van der Waals surface area contributed by atoms with E-state index in [1.807, 2.05) is 0 Å². The smallest absolute Gasteiger partial charge is 0.301 e. The summed E-state index contributed by atoms with van der Waals surface area (Å²) in [6, 6.07) is 3.21. The number of rotatable bonds is 6. The third-order valence-corrected chi connectivity index (χ3v) is 1.87. The summed E-state index contributed by atoms with van der Waals surface area (Å²) in [7, 11) is 0. The summed E-state index contributed by atoms with van der Waals surface area (Å²) < 4.78 is 4.79. The molecule has 1 N–H and O–H groups in total. The van der Waals surface area contributed by atoms with Crippen LogP contribution >= 0.6 is 0 Å². The van der Waals surface area contributed by atoms with Crippen LogP contribution in [0, 0.1) is 20.2 Å². The molecule has 0 aliphatic rings. The van der Waals surface area contributed by atoms with Crippen molar-refractivity contribution in [3.05, 3.63) is 38.4 Å². The van der Waals surface area contributed by atoms with E-state index < -0.39 is 15.5 Å². The van der Waals surface area contributed by atoms with E-state index in [0.29, 0.717) is 6.61 Å². The van der Waals surface area contributed by atoms with Crippen molar-refractivity contribution in [1.82, 2.24) is 0 Å². The number of hydrazone groups is 1. The summed E-state index contributed by atoms with van der Waals surface area (Å²) in [5, 5.41) is 24.8. The van der Waals surface area contributed by atoms with Crippen molar-refractivity contribution in [2.75, 3.05) is 12.0 Å². The summed E-state index contributed by atoms with van der Waals surface area (Å²) in [6.45, 7) is 2.16. The molecule has 18 heavy (non-hydrogen) atoms. The highest BCUT2D eigenvalue weighted by atomic mass is 16.6. The first-order chi connectivity index (χ1) is 8.56. The molecule has 9 heteroatoms. The number of hydrogen-bond donors (Lipinski definition) is 1. The van der Waals surface area contributed by atoms with Gasteiger partial charge in [0, 0.05) is 6.07 Å². The number of nitro benzene ring substituents is 2. The van der Waals surface area contributed by atoms with Crippen LogP contribution in [-0.4, -0.2) is 22.9 Å². The summed E-state index contributed by atoms with van der Waals surface area (Å²) in [5.74, 6) is 0. The zero-order valence-electron chi connectivity index (χ0n) is 9.40. The zero-order valence-corrected chi connectivity index (χ0v) is 9.40. The fourth-order valence-electron chi connectivity index (χ4n) is 1.09. The normalized spacial score (nSPS) is 10.3. The Balaban J connectivity index is 2.97. The Hall–Kier alpha value is -2.71. The largest absolute Gasteiger partial charge is 0.482 e. The molecule has 0 saturated heterocycles. The molecule has 0 aliphatic carbocycles. The molecule has 1 aromatic carbocycles. The van der Waals surface area contributed by atoms with Gasteiger partial charge in [-0.1, -0.05) is 0 Å². The molecule has 0 saturated carbocycles. The molecule has 0 radical (unpaired) electrons. The summed E-state index contributed by atoms with van der Waals surface area (Å²) in [6.07, 6.45) is 1.09. The monoisotopic (exact) mass is 254 g/mol. The van der Waals surface area contributed by atoms with Crippen molar-refractivity contribution >= 4 is 23.5 Å². The Kier molecular flexibility index (Phi) is 4.55. The molecule has 1 rings (SSSR count). The molecule has 96 valence electrons. The second kappa shape index (κ2) is 6.13. The lowest BCUT2D eigenvalue weighted by Crippen LogP contribution is -1.99. The number of non-ortho nitro benzene ring substituents is 1. The first-order valence-electron chi connectivity index (χ1n) is 4.88. The molecule has 0 fully saturated rings. The molecular formula is C9H10N4O5. The van der Waals surface area contributed by atoms with E-state index >= 15 is 0 Å². The van der Waals surface area contributed by atoms with E-state index in [1.165, 1.54) is 6.07 Å². The van der Waals surface area contributed by atoms with Gasteiger partial charge < -0.3 is 4.74 Å². The number of anilines is 1. The molecule has 0 amide bonds. The lowest BCUT2D eigenvalue weighted by atomic mass is 10.2. The Morgan fingerprint density at radius 2 is 2.11 bits per heavy atom. The van der Waals surface area contributed by atoms with Crippen LogP contribution in [0.1, 0.15) is 6.92 Å². The third kappa shape index (κ3) is 3.40. The van der Waals surface area contributed by atoms with Crippen molar-refractivity contribution in [1.29, 1.82) is 0 Å². The summed E-state index contributed by atoms with van der Waals surface area (Å²) >= 11 is 0. The Labute approximate surface area is 101 Å². The molecule has 0 aromatic heterocycles. The van der Waals surface area contributed by atoms with Crippen LogP contribution in [-0.2, 0) is 4.74 Å². The average molecular weight is 254 g/mol. The van der Waals surface area contributed by atoms with Gasteiger partial charge in [-0.05, 0) is 13.0 Å². The van der Waals surface area contributed by atoms with Gasteiger partial charge in [-0.25, -0.2) is 0 Å². The Morgan fingerprint density at radius 3 is 2.67 bits per heavy atom. The number of hydrogen-bond acceptors (Lipinski definition) is 7. The first-order valence-corrected chi connectivity index (χ1v) is 4.88. The molecule has 0 atom stereocenters. The highest BCUT2D eigenvalue weighted by Crippen LogP contribution is 2.28. The van der Waals surface area contributed by atoms with Gasteiger partial charge in [0.25, 0.3) is 5.69 Å². The van der Waals surface area contributed by atoms with E-state index in [4.69, 9.17) is 4.74 Å². The Morgan fingerprint density at radius 1 is 1.39 bits per heavy atom. The van der Waals surface area contributed by atoms with Crippen molar-refractivity contribution in [2.45, 2.75) is 6.92 Å². The van der Waals surface area contributed by atoms with E-state index in [2.05, 4.69) is 10.5 Å². The predicted molar refractivity (Wildman–Crippen MR) is 63.5 cm³/mol. The lowest BCUT2D eigenvalue weighted by molar-refractivity contribution is -0.393. The van der Waals surface area contributed by atoms with Crippen LogP contribution in [0.5, 0.6) is 0 Å². The van der Waals surface area contributed by atoms with Gasteiger partial charge in [0.05, 0.1) is 22.5 Å². The van der Waals surface area contributed by atoms with Crippen LogP contribution in [0.3, 0.4) is 0 Å². The van der Waals surface area contributed by atoms with Gasteiger partial charge in [-0.2, -0.15) is 0 Å². The molecule has 0 heterocycles. The maximum Gasteiger partial charge on any atom is 0.301 e. The molecule has 9 nitrogen and oxygen atoms in total. The van der Waals surface area contributed by atoms with Gasteiger partial charge in [0.1, 0.15) is 5.69 Å². The van der Waals surface area contributed by atoms with Crippen LogP contribution in [0.15, 0.2) is 23.3 Å². The van der Waals surface area contributed by atoms with E-state index in [1.54, 1.807) is 6.92 Å². The number of nitrogens with zero attached hydrogens (tertiary/aromatic N) is 3. The summed E-state index contributed by atoms with van der Waals surface area (Å²) in [5.41, 5.74) is 1.63. The van der Waals surface area contributed by atoms with Gasteiger partial charge in [-0.15, -0.1) is 5.10 Å². The van der Waals surface area contributed by atoms with Crippen molar-refractivity contribution in [3.8, 4) is 0 Å². The fourth-order valence-corrected chi connectivity index (χ4v) is 1.09. The first kappa shape index (κ1) is 13.4. The second-order valence-corrected chi connectivity index (χ2v) is 3.02. The molecule has 0 aliphatic heterocycles. The molecule has 0 bridgehead atoms. The van der Waals surface area contributed by atoms with Gasteiger partial charge in [0.2, 0.25) is 0 Å². The highest BCUT2D eigenvalue weighted by Gasteiger charge is 2.18. The maximum atomic E-state index is 10.7. The maximum absolute atomic E-state index is 10.7. The predicted octanol–water partition coefficient (Wildman–Crippen LogP) is 1.89. The second-order valence-electron chi connectivity index (χ2n) is 3.02. The number of benzene rings is 1. The minimum Gasteiger partial charge on any atom is -0.482 e. The minimum atomic E-state index is -0.731. The lowest BCUT2D eigenvalue weighted by Gasteiger charge is -2.01. The highest BCUT2D eigenvalue weighted by molar-refractivity contribution is 5.66. The molecule has 1 aromatic rings. The van der Waals surface area contributed by atoms with Gasteiger partial charge in [-0.3, -0.25) is 25.7 Å². The van der Waals surface area contributed by atoms with Crippen LogP contribution in [0.2, 0.25) is 0 Å². The van der Waals surface area contributed by atoms with Gasteiger partial charge >= 0.3 is 5.69 Å². The van der Waals surface area contributed by atoms with E-state index in [-0.39, 0.29) is 11.4 Å². The molecule has 0 spiro atoms. The SMILES string of the molecule is CCOC=NNc1ccc([N+](=O)[O-])cc1[N+](=O)[O-]. The fraction of sp³-hybridized carbons (Fsp3) is 0.222. The average Bonchev–Trinajstić information content (AvgIpc) is 2.34. The summed E-state index contributed by atoms with van der Waals surface area (Å²) in [4.78, 5) is 19.8. The minimum absolute atomic E-state index is 0.0431. The van der Waals surface area contributed by atoms with Crippen molar-refractivity contribution in [2.24, 2.45) is 5.10 Å². The van der Waals surface area contributed by atoms with Crippen LogP contribution in [0.25, 0.3) is 0 Å². The topological polar surface area (TPSA) is 120 Å².